The van der Waals surface area contributed by atoms with Crippen molar-refractivity contribution in [3.8, 4) is 17.0 Å². The number of aromatic nitrogens is 1. The molecule has 0 aliphatic heterocycles. The summed E-state index contributed by atoms with van der Waals surface area (Å²) in [5, 5.41) is 10.1. The first-order chi connectivity index (χ1) is 12.1. The van der Waals surface area contributed by atoms with Gasteiger partial charge in [-0.05, 0) is 42.5 Å². The van der Waals surface area contributed by atoms with E-state index in [1.54, 1.807) is 12.1 Å². The van der Waals surface area contributed by atoms with Crippen LogP contribution < -0.4 is 4.74 Å². The average Bonchev–Trinajstić information content (AvgIpc) is 2.52. The molecule has 0 amide bonds. The third-order valence-corrected chi connectivity index (χ3v) is 4.00. The predicted molar refractivity (Wildman–Crippen MR) is 90.8 cm³/mol. The first-order valence-corrected chi connectivity index (χ1v) is 7.79. The SMILES string of the molecule is O=C(O)c1cc(-c2ccc(Cl)cc2Cl)nc2ccc(OC(F)(F)F)cc12. The lowest BCUT2D eigenvalue weighted by Crippen LogP contribution is -2.17. The highest BCUT2D eigenvalue weighted by atomic mass is 35.5. The van der Waals surface area contributed by atoms with E-state index < -0.39 is 18.1 Å². The summed E-state index contributed by atoms with van der Waals surface area (Å²) in [4.78, 5) is 15.9. The Morgan fingerprint density at radius 3 is 2.42 bits per heavy atom. The van der Waals surface area contributed by atoms with Crippen molar-refractivity contribution in [1.82, 2.24) is 4.98 Å². The zero-order valence-electron chi connectivity index (χ0n) is 12.6. The fourth-order valence-corrected chi connectivity index (χ4v) is 2.92. The fraction of sp³-hybridized carbons (Fsp3) is 0.0588. The van der Waals surface area contributed by atoms with Crippen LogP contribution in [0.4, 0.5) is 13.2 Å². The molecule has 134 valence electrons. The molecule has 0 aliphatic rings. The van der Waals surface area contributed by atoms with E-state index >= 15 is 0 Å². The average molecular weight is 402 g/mol. The number of halogens is 5. The van der Waals surface area contributed by atoms with Crippen LogP contribution in [0.2, 0.25) is 10.0 Å². The van der Waals surface area contributed by atoms with E-state index in [-0.39, 0.29) is 27.2 Å². The Kier molecular flexibility index (Phi) is 4.68. The van der Waals surface area contributed by atoms with Crippen LogP contribution in [0.5, 0.6) is 5.75 Å². The summed E-state index contributed by atoms with van der Waals surface area (Å²) in [5.41, 5.74) is 0.640. The molecule has 0 aliphatic carbocycles. The van der Waals surface area contributed by atoms with Crippen molar-refractivity contribution in [2.24, 2.45) is 0 Å². The van der Waals surface area contributed by atoms with Crippen molar-refractivity contribution >= 4 is 40.1 Å². The summed E-state index contributed by atoms with van der Waals surface area (Å²) in [6.45, 7) is 0. The van der Waals surface area contributed by atoms with Gasteiger partial charge in [0.25, 0.3) is 0 Å². The van der Waals surface area contributed by atoms with Crippen molar-refractivity contribution < 1.29 is 27.8 Å². The molecule has 1 heterocycles. The van der Waals surface area contributed by atoms with Gasteiger partial charge in [-0.1, -0.05) is 23.2 Å². The molecule has 0 atom stereocenters. The van der Waals surface area contributed by atoms with E-state index in [1.165, 1.54) is 18.2 Å². The molecule has 1 N–H and O–H groups in total. The topological polar surface area (TPSA) is 59.4 Å². The summed E-state index contributed by atoms with van der Waals surface area (Å²) in [6, 6.07) is 9.13. The third kappa shape index (κ3) is 3.84. The van der Waals surface area contributed by atoms with Gasteiger partial charge in [-0.25, -0.2) is 9.78 Å². The Hall–Kier alpha value is -2.51. The number of ether oxygens (including phenoxy) is 1. The highest BCUT2D eigenvalue weighted by Crippen LogP contribution is 2.33. The number of carboxylic acid groups (broad SMARTS) is 1. The van der Waals surface area contributed by atoms with E-state index in [0.717, 1.165) is 12.1 Å². The molecular formula is C17H8Cl2F3NO3. The molecule has 0 saturated heterocycles. The van der Waals surface area contributed by atoms with Gasteiger partial charge >= 0.3 is 12.3 Å². The van der Waals surface area contributed by atoms with Crippen LogP contribution in [-0.4, -0.2) is 22.4 Å². The summed E-state index contributed by atoms with van der Waals surface area (Å²) in [5.74, 6) is -1.86. The summed E-state index contributed by atoms with van der Waals surface area (Å²) >= 11 is 12.0. The molecule has 1 aromatic heterocycles. The number of carboxylic acids is 1. The van der Waals surface area contributed by atoms with Crippen LogP contribution in [0.1, 0.15) is 10.4 Å². The Morgan fingerprint density at radius 1 is 1.08 bits per heavy atom. The molecule has 26 heavy (non-hydrogen) atoms. The maximum absolute atomic E-state index is 12.4. The summed E-state index contributed by atoms with van der Waals surface area (Å²) in [6.07, 6.45) is -4.89. The van der Waals surface area contributed by atoms with Gasteiger partial charge in [-0.15, -0.1) is 13.2 Å². The number of alkyl halides is 3. The van der Waals surface area contributed by atoms with E-state index in [2.05, 4.69) is 9.72 Å². The first kappa shape index (κ1) is 18.3. The second-order valence-electron chi connectivity index (χ2n) is 5.21. The predicted octanol–water partition coefficient (Wildman–Crippen LogP) is 5.81. The fourth-order valence-electron chi connectivity index (χ4n) is 2.41. The van der Waals surface area contributed by atoms with Gasteiger partial charge in [-0.2, -0.15) is 0 Å². The number of hydrogen-bond acceptors (Lipinski definition) is 3. The molecule has 0 bridgehead atoms. The lowest BCUT2D eigenvalue weighted by atomic mass is 10.0. The molecule has 9 heteroatoms. The standard InChI is InChI=1S/C17H8Cl2F3NO3/c18-8-1-3-10(13(19)5-8)15-7-12(16(24)25)11-6-9(26-17(20,21)22)2-4-14(11)23-15/h1-7H,(H,24,25). The Labute approximate surface area is 154 Å². The van der Waals surface area contributed by atoms with Gasteiger partial charge in [0.2, 0.25) is 0 Å². The Morgan fingerprint density at radius 2 is 1.81 bits per heavy atom. The molecule has 0 fully saturated rings. The molecule has 0 saturated carbocycles. The molecule has 0 radical (unpaired) electrons. The molecule has 0 spiro atoms. The highest BCUT2D eigenvalue weighted by Gasteiger charge is 2.31. The number of carbonyl (C=O) groups is 1. The monoisotopic (exact) mass is 401 g/mol. The second kappa shape index (κ2) is 6.66. The van der Waals surface area contributed by atoms with Crippen LogP contribution in [-0.2, 0) is 0 Å². The molecule has 0 unspecified atom stereocenters. The van der Waals surface area contributed by atoms with Crippen molar-refractivity contribution in [2.75, 3.05) is 0 Å². The maximum Gasteiger partial charge on any atom is 0.573 e. The molecule has 3 rings (SSSR count). The van der Waals surface area contributed by atoms with Crippen LogP contribution in [0.25, 0.3) is 22.2 Å². The second-order valence-corrected chi connectivity index (χ2v) is 6.05. The van der Waals surface area contributed by atoms with Crippen LogP contribution in [0, 0.1) is 0 Å². The van der Waals surface area contributed by atoms with E-state index in [0.29, 0.717) is 10.6 Å². The van der Waals surface area contributed by atoms with Crippen LogP contribution in [0.3, 0.4) is 0 Å². The molecule has 3 aromatic rings. The minimum Gasteiger partial charge on any atom is -0.478 e. The largest absolute Gasteiger partial charge is 0.573 e. The number of hydrogen-bond donors (Lipinski definition) is 1. The van der Waals surface area contributed by atoms with E-state index in [4.69, 9.17) is 23.2 Å². The third-order valence-electron chi connectivity index (χ3n) is 3.45. The Balaban J connectivity index is 2.20. The van der Waals surface area contributed by atoms with Gasteiger partial charge < -0.3 is 9.84 Å². The van der Waals surface area contributed by atoms with Gasteiger partial charge in [0.15, 0.2) is 0 Å². The number of benzene rings is 2. The van der Waals surface area contributed by atoms with Crippen LogP contribution >= 0.6 is 23.2 Å². The molecule has 2 aromatic carbocycles. The normalized spacial score (nSPS) is 11.6. The Bertz CT molecular complexity index is 1020. The van der Waals surface area contributed by atoms with Crippen LogP contribution in [0.15, 0.2) is 42.5 Å². The molecular weight excluding hydrogens is 394 g/mol. The summed E-state index contributed by atoms with van der Waals surface area (Å²) < 4.78 is 41.0. The minimum absolute atomic E-state index is 0.00749. The van der Waals surface area contributed by atoms with Crippen molar-refractivity contribution in [3.05, 3.63) is 58.1 Å². The van der Waals surface area contributed by atoms with E-state index in [1.807, 2.05) is 0 Å². The van der Waals surface area contributed by atoms with Gasteiger partial charge in [0.1, 0.15) is 5.75 Å². The van der Waals surface area contributed by atoms with Gasteiger partial charge in [0, 0.05) is 16.0 Å². The lowest BCUT2D eigenvalue weighted by molar-refractivity contribution is -0.274. The van der Waals surface area contributed by atoms with Crippen molar-refractivity contribution in [3.63, 3.8) is 0 Å². The van der Waals surface area contributed by atoms with Crippen molar-refractivity contribution in [2.45, 2.75) is 6.36 Å². The highest BCUT2D eigenvalue weighted by molar-refractivity contribution is 6.36. The quantitative estimate of drug-likeness (QED) is 0.601. The number of rotatable bonds is 3. The minimum atomic E-state index is -4.89. The smallest absolute Gasteiger partial charge is 0.478 e. The zero-order chi connectivity index (χ0) is 19.1. The number of fused-ring (bicyclic) bond motifs is 1. The number of aromatic carboxylic acids is 1. The molecule has 4 nitrogen and oxygen atoms in total. The maximum atomic E-state index is 12.4. The van der Waals surface area contributed by atoms with E-state index in [9.17, 15) is 23.1 Å². The first-order valence-electron chi connectivity index (χ1n) is 7.03. The number of pyridine rings is 1. The number of nitrogens with zero attached hydrogens (tertiary/aromatic N) is 1. The lowest BCUT2D eigenvalue weighted by Gasteiger charge is -2.12. The van der Waals surface area contributed by atoms with Gasteiger partial charge in [0.05, 0.1) is 21.8 Å². The van der Waals surface area contributed by atoms with Crippen molar-refractivity contribution in [1.29, 1.82) is 0 Å². The zero-order valence-corrected chi connectivity index (χ0v) is 14.2. The summed E-state index contributed by atoms with van der Waals surface area (Å²) in [7, 11) is 0. The van der Waals surface area contributed by atoms with Gasteiger partial charge in [-0.3, -0.25) is 0 Å².